The van der Waals surface area contributed by atoms with Gasteiger partial charge in [0, 0.05) is 10.6 Å². The van der Waals surface area contributed by atoms with Crippen molar-refractivity contribution in [2.75, 3.05) is 10.5 Å². The van der Waals surface area contributed by atoms with Gasteiger partial charge in [-0.15, -0.1) is 0 Å². The van der Waals surface area contributed by atoms with E-state index in [1.807, 2.05) is 18.2 Å². The zero-order valence-corrected chi connectivity index (χ0v) is 7.45. The Morgan fingerprint density at radius 2 is 2.27 bits per heavy atom. The highest BCUT2D eigenvalue weighted by molar-refractivity contribution is 8.85. The van der Waals surface area contributed by atoms with Crippen LogP contribution >= 0.6 is 21.1 Å². The van der Waals surface area contributed by atoms with E-state index in [2.05, 4.69) is 4.72 Å². The highest BCUT2D eigenvalue weighted by Crippen LogP contribution is 2.51. The lowest BCUT2D eigenvalue weighted by Gasteiger charge is -2.04. The summed E-state index contributed by atoms with van der Waals surface area (Å²) in [6.07, 6.45) is 0. The first-order valence-corrected chi connectivity index (χ1v) is 5.98. The molecule has 0 saturated carbocycles. The maximum absolute atomic E-state index is 5.71. The second-order valence-electron chi connectivity index (χ2n) is 2.28. The number of benzene rings is 1. The van der Waals surface area contributed by atoms with E-state index >= 15 is 0 Å². The van der Waals surface area contributed by atoms with Crippen LogP contribution in [0.5, 0.6) is 0 Å². The molecule has 0 aromatic heterocycles. The standard InChI is InChI=1S/C6H9N3S2/c7-4-1-2-5-6(3-4)10-11(8)9-5/h1-3,9,11H,7-8H2. The molecule has 5 heteroatoms. The van der Waals surface area contributed by atoms with E-state index in [1.165, 1.54) is 4.90 Å². The lowest BCUT2D eigenvalue weighted by atomic mass is 10.3. The molecule has 0 amide bonds. The molecule has 1 heterocycles. The van der Waals surface area contributed by atoms with Gasteiger partial charge in [-0.2, -0.15) is 0 Å². The molecule has 0 aliphatic carbocycles. The third-order valence-electron chi connectivity index (χ3n) is 1.43. The molecule has 1 atom stereocenters. The quantitative estimate of drug-likeness (QED) is 0.282. The first-order chi connectivity index (χ1) is 5.25. The van der Waals surface area contributed by atoms with E-state index in [0.717, 1.165) is 11.4 Å². The van der Waals surface area contributed by atoms with Crippen LogP contribution in [0.1, 0.15) is 0 Å². The summed E-state index contributed by atoms with van der Waals surface area (Å²) in [4.78, 5) is 1.17. The Labute approximate surface area is 71.5 Å². The normalized spacial score (nSPS) is 24.3. The zero-order valence-electron chi connectivity index (χ0n) is 5.74. The van der Waals surface area contributed by atoms with Gasteiger partial charge in [0.1, 0.15) is 0 Å². The highest BCUT2D eigenvalue weighted by atomic mass is 33.1. The van der Waals surface area contributed by atoms with E-state index in [0.29, 0.717) is 0 Å². The van der Waals surface area contributed by atoms with Gasteiger partial charge in [0.2, 0.25) is 0 Å². The Kier molecular flexibility index (Phi) is 1.63. The minimum absolute atomic E-state index is 0.593. The highest BCUT2D eigenvalue weighted by Gasteiger charge is 2.14. The van der Waals surface area contributed by atoms with Crippen molar-refractivity contribution in [2.24, 2.45) is 5.14 Å². The molecule has 1 aromatic rings. The van der Waals surface area contributed by atoms with Gasteiger partial charge in [-0.05, 0) is 29.0 Å². The van der Waals surface area contributed by atoms with Crippen molar-refractivity contribution >= 4 is 32.5 Å². The molecular formula is C6H9N3S2. The zero-order chi connectivity index (χ0) is 7.84. The van der Waals surface area contributed by atoms with Crippen molar-refractivity contribution in [3.05, 3.63) is 18.2 Å². The molecule has 2 rings (SSSR count). The topological polar surface area (TPSA) is 64.1 Å². The number of nitrogens with two attached hydrogens (primary N) is 2. The monoisotopic (exact) mass is 187 g/mol. The van der Waals surface area contributed by atoms with Gasteiger partial charge in [-0.3, -0.25) is 5.14 Å². The van der Waals surface area contributed by atoms with E-state index < -0.39 is 10.3 Å². The fourth-order valence-electron chi connectivity index (χ4n) is 0.954. The summed E-state index contributed by atoms with van der Waals surface area (Å²) in [5.74, 6) is 0. The summed E-state index contributed by atoms with van der Waals surface area (Å²) in [7, 11) is 1.06. The maximum atomic E-state index is 5.71. The molecule has 0 bridgehead atoms. The van der Waals surface area contributed by atoms with Crippen molar-refractivity contribution in [2.45, 2.75) is 4.90 Å². The summed E-state index contributed by atoms with van der Waals surface area (Å²) in [6, 6.07) is 5.79. The average Bonchev–Trinajstić information content (AvgIpc) is 2.27. The fourth-order valence-corrected chi connectivity index (χ4v) is 3.65. The molecule has 11 heavy (non-hydrogen) atoms. The minimum Gasteiger partial charge on any atom is -0.399 e. The van der Waals surface area contributed by atoms with Crippen LogP contribution in [-0.2, 0) is 0 Å². The molecule has 60 valence electrons. The molecule has 0 radical (unpaired) electrons. The van der Waals surface area contributed by atoms with Crippen LogP contribution in [0.25, 0.3) is 0 Å². The van der Waals surface area contributed by atoms with Crippen molar-refractivity contribution in [1.29, 1.82) is 0 Å². The van der Waals surface area contributed by atoms with E-state index in [9.17, 15) is 0 Å². The van der Waals surface area contributed by atoms with Crippen molar-refractivity contribution in [3.63, 3.8) is 0 Å². The van der Waals surface area contributed by atoms with Gasteiger partial charge in [0.25, 0.3) is 0 Å². The molecule has 1 aliphatic heterocycles. The molecule has 3 nitrogen and oxygen atoms in total. The third-order valence-corrected chi connectivity index (χ3v) is 4.08. The summed E-state index contributed by atoms with van der Waals surface area (Å²) in [6.45, 7) is 0. The number of hydrogen-bond acceptors (Lipinski definition) is 4. The summed E-state index contributed by atoms with van der Waals surface area (Å²) < 4.78 is 3.17. The Balaban J connectivity index is 2.43. The number of fused-ring (bicyclic) bond motifs is 1. The first-order valence-electron chi connectivity index (χ1n) is 3.15. The Morgan fingerprint density at radius 1 is 1.45 bits per heavy atom. The Hall–Kier alpha value is -0.520. The fraction of sp³-hybridized carbons (Fsp3) is 0. The van der Waals surface area contributed by atoms with Crippen LogP contribution in [0.4, 0.5) is 11.4 Å². The van der Waals surface area contributed by atoms with Gasteiger partial charge in [-0.1, -0.05) is 10.3 Å². The van der Waals surface area contributed by atoms with E-state index in [-0.39, 0.29) is 0 Å². The molecule has 5 N–H and O–H groups in total. The molecule has 0 spiro atoms. The molecular weight excluding hydrogens is 178 g/mol. The van der Waals surface area contributed by atoms with Gasteiger partial charge < -0.3 is 10.5 Å². The number of hydrogen-bond donors (Lipinski definition) is 4. The number of nitrogen functional groups attached to an aromatic ring is 1. The summed E-state index contributed by atoms with van der Waals surface area (Å²) in [5.41, 5.74) is 7.51. The molecule has 0 fully saturated rings. The molecule has 1 aromatic carbocycles. The average molecular weight is 187 g/mol. The van der Waals surface area contributed by atoms with Gasteiger partial charge in [0.15, 0.2) is 0 Å². The number of thiol groups is 1. The first kappa shape index (κ1) is 7.15. The second-order valence-corrected chi connectivity index (χ2v) is 5.51. The number of rotatable bonds is 0. The largest absolute Gasteiger partial charge is 0.399 e. The van der Waals surface area contributed by atoms with Crippen LogP contribution < -0.4 is 15.6 Å². The predicted octanol–water partition coefficient (Wildman–Crippen LogP) is 1.49. The van der Waals surface area contributed by atoms with Crippen LogP contribution in [0.15, 0.2) is 23.1 Å². The minimum atomic E-state index is -0.593. The Bertz CT molecular complexity index is 289. The van der Waals surface area contributed by atoms with Crippen LogP contribution in [0.2, 0.25) is 0 Å². The molecule has 1 aliphatic rings. The Morgan fingerprint density at radius 3 is 3.09 bits per heavy atom. The molecule has 0 saturated heterocycles. The summed E-state index contributed by atoms with van der Waals surface area (Å²) >= 11 is 0. The van der Waals surface area contributed by atoms with Gasteiger partial charge in [-0.25, -0.2) is 0 Å². The summed E-state index contributed by atoms with van der Waals surface area (Å²) in [5, 5.41) is 5.71. The maximum Gasteiger partial charge on any atom is 0.0588 e. The van der Waals surface area contributed by atoms with Crippen LogP contribution in [-0.4, -0.2) is 0 Å². The predicted molar refractivity (Wildman–Crippen MR) is 53.5 cm³/mol. The van der Waals surface area contributed by atoms with E-state index in [4.69, 9.17) is 10.9 Å². The van der Waals surface area contributed by atoms with Gasteiger partial charge in [0.05, 0.1) is 5.69 Å². The van der Waals surface area contributed by atoms with Crippen molar-refractivity contribution in [3.8, 4) is 0 Å². The van der Waals surface area contributed by atoms with Crippen molar-refractivity contribution < 1.29 is 0 Å². The van der Waals surface area contributed by atoms with E-state index in [1.54, 1.807) is 10.8 Å². The third kappa shape index (κ3) is 1.26. The second kappa shape index (κ2) is 2.51. The number of anilines is 2. The number of nitrogens with one attached hydrogen (secondary N) is 1. The lowest BCUT2D eigenvalue weighted by Crippen LogP contribution is -1.94. The van der Waals surface area contributed by atoms with Crippen LogP contribution in [0.3, 0.4) is 0 Å². The lowest BCUT2D eigenvalue weighted by molar-refractivity contribution is 1.48. The smallest absolute Gasteiger partial charge is 0.0588 e. The molecule has 1 unspecified atom stereocenters. The SMILES string of the molecule is Nc1ccc2c(c1)S[SH](N)N2. The van der Waals surface area contributed by atoms with Crippen molar-refractivity contribution in [1.82, 2.24) is 0 Å². The van der Waals surface area contributed by atoms with Crippen LogP contribution in [0, 0.1) is 0 Å². The van der Waals surface area contributed by atoms with Gasteiger partial charge >= 0.3 is 0 Å².